The van der Waals surface area contributed by atoms with E-state index < -0.39 is 15.9 Å². The summed E-state index contributed by atoms with van der Waals surface area (Å²) in [5, 5.41) is 2.75. The van der Waals surface area contributed by atoms with Gasteiger partial charge in [-0.2, -0.15) is 0 Å². The molecule has 4 aromatic rings. The van der Waals surface area contributed by atoms with Crippen LogP contribution in [0.15, 0.2) is 84.0 Å². The number of amides is 1. The van der Waals surface area contributed by atoms with Gasteiger partial charge in [-0.1, -0.05) is 30.3 Å². The smallest absolute Gasteiger partial charge is 0.266 e. The predicted octanol–water partition coefficient (Wildman–Crippen LogP) is 4.11. The molecule has 0 aliphatic rings. The molecule has 0 aliphatic carbocycles. The number of para-hydroxylation sites is 2. The Bertz CT molecular complexity index is 1350. The second kappa shape index (κ2) is 8.23. The largest absolute Gasteiger partial charge is 0.321 e. The summed E-state index contributed by atoms with van der Waals surface area (Å²) in [5.41, 5.74) is 2.66. The normalized spacial score (nSPS) is 11.4. The Morgan fingerprint density at radius 1 is 1.06 bits per heavy atom. The van der Waals surface area contributed by atoms with E-state index in [1.165, 1.54) is 10.4 Å². The fourth-order valence-electron chi connectivity index (χ4n) is 3.44. The summed E-state index contributed by atoms with van der Waals surface area (Å²) in [6.45, 7) is 3.90. The van der Waals surface area contributed by atoms with Gasteiger partial charge in [0.15, 0.2) is 0 Å². The number of fused-ring (bicyclic) bond motifs is 1. The lowest BCUT2D eigenvalue weighted by molar-refractivity contribution is 0.102. The van der Waals surface area contributed by atoms with Gasteiger partial charge in [0.25, 0.3) is 15.9 Å². The van der Waals surface area contributed by atoms with Crippen LogP contribution in [0, 0.1) is 6.92 Å². The van der Waals surface area contributed by atoms with E-state index in [1.807, 2.05) is 23.6 Å². The monoisotopic (exact) mass is 434 g/mol. The number of nitrogens with one attached hydrogen (secondary N) is 1. The molecule has 0 unspecified atom stereocenters. The van der Waals surface area contributed by atoms with E-state index in [1.54, 1.807) is 67.7 Å². The summed E-state index contributed by atoms with van der Waals surface area (Å²) in [5.74, 6) is -0.409. The van der Waals surface area contributed by atoms with Crippen LogP contribution < -0.4 is 9.62 Å². The molecule has 2 aromatic carbocycles. The molecule has 0 spiro atoms. The first-order valence-electron chi connectivity index (χ1n) is 9.83. The van der Waals surface area contributed by atoms with E-state index in [0.29, 0.717) is 16.9 Å². The van der Waals surface area contributed by atoms with E-state index in [0.717, 1.165) is 5.69 Å². The number of rotatable bonds is 6. The van der Waals surface area contributed by atoms with Gasteiger partial charge in [-0.3, -0.25) is 9.10 Å². The Morgan fingerprint density at radius 2 is 1.77 bits per heavy atom. The molecule has 0 atom stereocenters. The topological polar surface area (TPSA) is 83.8 Å². The molecule has 1 amide bonds. The third kappa shape index (κ3) is 4.02. The number of imidazole rings is 1. The lowest BCUT2D eigenvalue weighted by Crippen LogP contribution is -2.31. The maximum Gasteiger partial charge on any atom is 0.266 e. The number of aryl methyl sites for hydroxylation is 1. The SMILES string of the molecule is CCN(c1ccccc1)S(=O)(=O)c1ccccc1NC(=O)c1ccn2cc(C)nc2c1. The van der Waals surface area contributed by atoms with Crippen molar-refractivity contribution in [2.45, 2.75) is 18.7 Å². The first kappa shape index (κ1) is 20.6. The number of hydrogen-bond donors (Lipinski definition) is 1. The molecule has 0 fully saturated rings. The van der Waals surface area contributed by atoms with E-state index in [-0.39, 0.29) is 17.1 Å². The van der Waals surface area contributed by atoms with Crippen molar-refractivity contribution in [3.63, 3.8) is 0 Å². The zero-order chi connectivity index (χ0) is 22.0. The van der Waals surface area contributed by atoms with Crippen LogP contribution in [-0.4, -0.2) is 30.3 Å². The van der Waals surface area contributed by atoms with Crippen LogP contribution in [0.4, 0.5) is 11.4 Å². The molecule has 2 heterocycles. The number of sulfonamides is 1. The standard InChI is InChI=1S/C23H22N4O3S/c1-3-27(19-9-5-4-6-10-19)31(29,30)21-12-8-7-11-20(21)25-23(28)18-13-14-26-16-17(2)24-22(26)15-18/h4-16H,3H2,1-2H3,(H,25,28). The summed E-state index contributed by atoms with van der Waals surface area (Å²) in [6, 6.07) is 18.6. The maximum absolute atomic E-state index is 13.4. The highest BCUT2D eigenvalue weighted by molar-refractivity contribution is 7.93. The fraction of sp³-hybridized carbons (Fsp3) is 0.130. The van der Waals surface area contributed by atoms with Crippen molar-refractivity contribution >= 4 is 33.0 Å². The summed E-state index contributed by atoms with van der Waals surface area (Å²) in [7, 11) is -3.89. The zero-order valence-electron chi connectivity index (χ0n) is 17.2. The van der Waals surface area contributed by atoms with Gasteiger partial charge in [-0.25, -0.2) is 13.4 Å². The minimum Gasteiger partial charge on any atom is -0.321 e. The highest BCUT2D eigenvalue weighted by Gasteiger charge is 2.27. The molecule has 0 saturated carbocycles. The average molecular weight is 435 g/mol. The van der Waals surface area contributed by atoms with Gasteiger partial charge in [0, 0.05) is 24.5 Å². The molecule has 0 bridgehead atoms. The summed E-state index contributed by atoms with van der Waals surface area (Å²) in [4.78, 5) is 17.3. The van der Waals surface area contributed by atoms with E-state index in [2.05, 4.69) is 10.3 Å². The van der Waals surface area contributed by atoms with Gasteiger partial charge < -0.3 is 9.72 Å². The van der Waals surface area contributed by atoms with Gasteiger partial charge in [0.05, 0.1) is 17.1 Å². The molecule has 0 aliphatic heterocycles. The average Bonchev–Trinajstić information content (AvgIpc) is 3.14. The number of pyridine rings is 1. The van der Waals surface area contributed by atoms with Gasteiger partial charge in [0.2, 0.25) is 0 Å². The van der Waals surface area contributed by atoms with Crippen LogP contribution in [0.5, 0.6) is 0 Å². The highest BCUT2D eigenvalue weighted by atomic mass is 32.2. The van der Waals surface area contributed by atoms with Crippen LogP contribution >= 0.6 is 0 Å². The number of aromatic nitrogens is 2. The molecule has 158 valence electrons. The second-order valence-electron chi connectivity index (χ2n) is 7.02. The number of anilines is 2. The lowest BCUT2D eigenvalue weighted by atomic mass is 10.2. The molecule has 8 heteroatoms. The minimum absolute atomic E-state index is 0.0341. The Labute approximate surface area is 181 Å². The molecule has 31 heavy (non-hydrogen) atoms. The Balaban J connectivity index is 1.68. The Morgan fingerprint density at radius 3 is 2.52 bits per heavy atom. The van der Waals surface area contributed by atoms with Gasteiger partial charge in [0.1, 0.15) is 10.5 Å². The molecular formula is C23H22N4O3S. The second-order valence-corrected chi connectivity index (χ2v) is 8.85. The van der Waals surface area contributed by atoms with E-state index in [9.17, 15) is 13.2 Å². The number of carbonyl (C=O) groups excluding carboxylic acids is 1. The number of benzene rings is 2. The van der Waals surface area contributed by atoms with Crippen LogP contribution in [-0.2, 0) is 10.0 Å². The van der Waals surface area contributed by atoms with Gasteiger partial charge >= 0.3 is 0 Å². The summed E-state index contributed by atoms with van der Waals surface area (Å²) < 4.78 is 30.0. The molecule has 4 rings (SSSR count). The van der Waals surface area contributed by atoms with Crippen molar-refractivity contribution in [1.82, 2.24) is 9.38 Å². The molecule has 0 saturated heterocycles. The lowest BCUT2D eigenvalue weighted by Gasteiger charge is -2.24. The fourth-order valence-corrected chi connectivity index (χ4v) is 5.07. The van der Waals surface area contributed by atoms with Gasteiger partial charge in [-0.15, -0.1) is 0 Å². The molecule has 0 radical (unpaired) electrons. The van der Waals surface area contributed by atoms with Crippen molar-refractivity contribution in [2.24, 2.45) is 0 Å². The van der Waals surface area contributed by atoms with Crippen molar-refractivity contribution in [3.8, 4) is 0 Å². The quantitative estimate of drug-likeness (QED) is 0.495. The maximum atomic E-state index is 13.4. The first-order valence-corrected chi connectivity index (χ1v) is 11.3. The number of hydrogen-bond acceptors (Lipinski definition) is 4. The third-order valence-electron chi connectivity index (χ3n) is 4.88. The molecule has 1 N–H and O–H groups in total. The Hall–Kier alpha value is -3.65. The van der Waals surface area contributed by atoms with Crippen molar-refractivity contribution in [1.29, 1.82) is 0 Å². The van der Waals surface area contributed by atoms with Crippen LogP contribution in [0.2, 0.25) is 0 Å². The third-order valence-corrected chi connectivity index (χ3v) is 6.84. The Kier molecular flexibility index (Phi) is 5.48. The summed E-state index contributed by atoms with van der Waals surface area (Å²) >= 11 is 0. The highest BCUT2D eigenvalue weighted by Crippen LogP contribution is 2.28. The predicted molar refractivity (Wildman–Crippen MR) is 121 cm³/mol. The van der Waals surface area contributed by atoms with Crippen molar-refractivity contribution < 1.29 is 13.2 Å². The number of carbonyl (C=O) groups is 1. The zero-order valence-corrected chi connectivity index (χ0v) is 18.0. The first-order chi connectivity index (χ1) is 14.9. The van der Waals surface area contributed by atoms with Gasteiger partial charge in [-0.05, 0) is 50.2 Å². The number of nitrogens with zero attached hydrogens (tertiary/aromatic N) is 3. The summed E-state index contributed by atoms with van der Waals surface area (Å²) in [6.07, 6.45) is 3.61. The molecular weight excluding hydrogens is 412 g/mol. The van der Waals surface area contributed by atoms with E-state index >= 15 is 0 Å². The van der Waals surface area contributed by atoms with Crippen LogP contribution in [0.25, 0.3) is 5.65 Å². The van der Waals surface area contributed by atoms with Crippen molar-refractivity contribution in [2.75, 3.05) is 16.2 Å². The molecule has 7 nitrogen and oxygen atoms in total. The van der Waals surface area contributed by atoms with Crippen molar-refractivity contribution in [3.05, 3.63) is 90.4 Å². The minimum atomic E-state index is -3.89. The van der Waals surface area contributed by atoms with Crippen LogP contribution in [0.3, 0.4) is 0 Å². The molecule has 2 aromatic heterocycles. The van der Waals surface area contributed by atoms with E-state index in [4.69, 9.17) is 0 Å². The van der Waals surface area contributed by atoms with Crippen LogP contribution in [0.1, 0.15) is 23.0 Å².